The lowest BCUT2D eigenvalue weighted by atomic mass is 10.2. The van der Waals surface area contributed by atoms with Crippen LogP contribution in [0.15, 0.2) is 60.2 Å². The maximum Gasteiger partial charge on any atom is 0.271 e. The number of rotatable bonds is 10. The number of hydrogen-bond donors (Lipinski definition) is 1. The molecule has 0 bridgehead atoms. The van der Waals surface area contributed by atoms with Crippen LogP contribution in [0.1, 0.15) is 22.8 Å². The summed E-state index contributed by atoms with van der Waals surface area (Å²) in [5.74, 6) is 3.75. The standard InChI is InChI=1S/C22H22N2O4/c1-4-13-27-19-10-7-17(8-11-19)16-23-24-22(25)18-9-12-20(28-14-5-2)21(15-18)26-6-3/h1,5,7-12,15-16H,2,6,13-14H2,3H3,(H,24,25)/b23-16+. The Hall–Kier alpha value is -3.72. The van der Waals surface area contributed by atoms with Gasteiger partial charge in [-0.3, -0.25) is 4.79 Å². The molecule has 144 valence electrons. The lowest BCUT2D eigenvalue weighted by Gasteiger charge is -2.12. The minimum absolute atomic E-state index is 0.213. The zero-order valence-corrected chi connectivity index (χ0v) is 15.7. The van der Waals surface area contributed by atoms with Gasteiger partial charge in [0.05, 0.1) is 12.8 Å². The molecular formula is C22H22N2O4. The highest BCUT2D eigenvalue weighted by Gasteiger charge is 2.11. The Bertz CT molecular complexity index is 867. The van der Waals surface area contributed by atoms with Crippen LogP contribution in [0.3, 0.4) is 0 Å². The second-order valence-corrected chi connectivity index (χ2v) is 5.46. The molecule has 6 nitrogen and oxygen atoms in total. The first-order chi connectivity index (χ1) is 13.7. The first kappa shape index (κ1) is 20.6. The van der Waals surface area contributed by atoms with Gasteiger partial charge in [-0.2, -0.15) is 5.10 Å². The van der Waals surface area contributed by atoms with Crippen molar-refractivity contribution in [3.05, 3.63) is 66.2 Å². The molecular weight excluding hydrogens is 356 g/mol. The Kier molecular flexibility index (Phi) is 8.16. The van der Waals surface area contributed by atoms with Crippen molar-refractivity contribution in [3.8, 4) is 29.6 Å². The number of terminal acetylenes is 1. The fraction of sp³-hybridized carbons (Fsp3) is 0.182. The average Bonchev–Trinajstić information content (AvgIpc) is 2.72. The van der Waals surface area contributed by atoms with E-state index in [0.29, 0.717) is 36.0 Å². The van der Waals surface area contributed by atoms with Gasteiger partial charge in [0.2, 0.25) is 0 Å². The topological polar surface area (TPSA) is 69.2 Å². The highest BCUT2D eigenvalue weighted by molar-refractivity contribution is 5.95. The van der Waals surface area contributed by atoms with Crippen LogP contribution < -0.4 is 19.6 Å². The number of amides is 1. The summed E-state index contributed by atoms with van der Waals surface area (Å²) in [6.07, 6.45) is 8.32. The maximum atomic E-state index is 12.3. The maximum absolute atomic E-state index is 12.3. The summed E-state index contributed by atoms with van der Waals surface area (Å²) in [6, 6.07) is 12.1. The summed E-state index contributed by atoms with van der Waals surface area (Å²) >= 11 is 0. The Morgan fingerprint density at radius 3 is 2.64 bits per heavy atom. The van der Waals surface area contributed by atoms with Gasteiger partial charge < -0.3 is 14.2 Å². The fourth-order valence-electron chi connectivity index (χ4n) is 2.19. The van der Waals surface area contributed by atoms with Gasteiger partial charge in [-0.25, -0.2) is 5.43 Å². The van der Waals surface area contributed by atoms with Gasteiger partial charge in [-0.15, -0.1) is 6.42 Å². The van der Waals surface area contributed by atoms with Crippen molar-refractivity contribution in [1.29, 1.82) is 0 Å². The molecule has 0 aliphatic rings. The van der Waals surface area contributed by atoms with E-state index in [1.807, 2.05) is 6.92 Å². The first-order valence-corrected chi connectivity index (χ1v) is 8.68. The van der Waals surface area contributed by atoms with E-state index in [9.17, 15) is 4.79 Å². The smallest absolute Gasteiger partial charge is 0.271 e. The van der Waals surface area contributed by atoms with Crippen molar-refractivity contribution < 1.29 is 19.0 Å². The normalized spacial score (nSPS) is 10.1. The van der Waals surface area contributed by atoms with Crippen LogP contribution in [0.5, 0.6) is 17.2 Å². The molecule has 1 amide bonds. The zero-order valence-electron chi connectivity index (χ0n) is 15.7. The van der Waals surface area contributed by atoms with E-state index >= 15 is 0 Å². The molecule has 2 aromatic rings. The van der Waals surface area contributed by atoms with Crippen molar-refractivity contribution >= 4 is 12.1 Å². The fourth-order valence-corrected chi connectivity index (χ4v) is 2.19. The van der Waals surface area contributed by atoms with Gasteiger partial charge in [0.15, 0.2) is 11.5 Å². The van der Waals surface area contributed by atoms with E-state index in [1.54, 1.807) is 48.5 Å². The summed E-state index contributed by atoms with van der Waals surface area (Å²) in [5, 5.41) is 3.97. The Morgan fingerprint density at radius 2 is 1.96 bits per heavy atom. The third-order valence-corrected chi connectivity index (χ3v) is 3.44. The monoisotopic (exact) mass is 378 g/mol. The van der Waals surface area contributed by atoms with Crippen molar-refractivity contribution in [2.45, 2.75) is 6.92 Å². The molecule has 2 aromatic carbocycles. The van der Waals surface area contributed by atoms with Crippen LogP contribution in [-0.4, -0.2) is 31.9 Å². The number of hydrogen-bond acceptors (Lipinski definition) is 5. The molecule has 0 saturated carbocycles. The molecule has 0 aliphatic carbocycles. The second kappa shape index (κ2) is 11.1. The third kappa shape index (κ3) is 6.22. The predicted octanol–water partition coefficient (Wildman–Crippen LogP) is 3.43. The van der Waals surface area contributed by atoms with Gasteiger partial charge in [0, 0.05) is 5.56 Å². The molecule has 0 atom stereocenters. The Balaban J connectivity index is 1.99. The van der Waals surface area contributed by atoms with E-state index < -0.39 is 0 Å². The molecule has 0 radical (unpaired) electrons. The Morgan fingerprint density at radius 1 is 1.18 bits per heavy atom. The van der Waals surface area contributed by atoms with E-state index in [4.69, 9.17) is 20.6 Å². The van der Waals surface area contributed by atoms with Crippen molar-refractivity contribution in [1.82, 2.24) is 5.43 Å². The highest BCUT2D eigenvalue weighted by atomic mass is 16.5. The van der Waals surface area contributed by atoms with Gasteiger partial charge in [0.25, 0.3) is 5.91 Å². The number of hydrazone groups is 1. The first-order valence-electron chi connectivity index (χ1n) is 8.68. The Labute approximate surface area is 164 Å². The quantitative estimate of drug-likeness (QED) is 0.298. The van der Waals surface area contributed by atoms with Crippen LogP contribution in [-0.2, 0) is 0 Å². The SMILES string of the molecule is C#CCOc1ccc(/C=N/NC(=O)c2ccc(OCC=C)c(OCC)c2)cc1. The summed E-state index contributed by atoms with van der Waals surface area (Å²) in [5.41, 5.74) is 3.70. The molecule has 1 N–H and O–H groups in total. The average molecular weight is 378 g/mol. The molecule has 28 heavy (non-hydrogen) atoms. The van der Waals surface area contributed by atoms with Crippen LogP contribution in [0.4, 0.5) is 0 Å². The van der Waals surface area contributed by atoms with Gasteiger partial charge in [0.1, 0.15) is 19.0 Å². The summed E-state index contributed by atoms with van der Waals surface area (Å²) < 4.78 is 16.4. The van der Waals surface area contributed by atoms with Gasteiger partial charge in [-0.1, -0.05) is 18.6 Å². The molecule has 2 rings (SSSR count). The minimum atomic E-state index is -0.360. The lowest BCUT2D eigenvalue weighted by Crippen LogP contribution is -2.17. The number of nitrogens with zero attached hydrogens (tertiary/aromatic N) is 1. The molecule has 0 aromatic heterocycles. The molecule has 0 aliphatic heterocycles. The molecule has 0 fully saturated rings. The largest absolute Gasteiger partial charge is 0.490 e. The highest BCUT2D eigenvalue weighted by Crippen LogP contribution is 2.28. The lowest BCUT2D eigenvalue weighted by molar-refractivity contribution is 0.0954. The van der Waals surface area contributed by atoms with E-state index in [-0.39, 0.29) is 12.5 Å². The minimum Gasteiger partial charge on any atom is -0.490 e. The second-order valence-electron chi connectivity index (χ2n) is 5.46. The molecule has 0 unspecified atom stereocenters. The number of nitrogens with one attached hydrogen (secondary N) is 1. The van der Waals surface area contributed by atoms with Crippen molar-refractivity contribution in [2.24, 2.45) is 5.10 Å². The van der Waals surface area contributed by atoms with E-state index in [1.165, 1.54) is 6.21 Å². The summed E-state index contributed by atoms with van der Waals surface area (Å²) in [6.45, 7) is 6.49. The van der Waals surface area contributed by atoms with Crippen molar-refractivity contribution in [2.75, 3.05) is 19.8 Å². The number of benzene rings is 2. The van der Waals surface area contributed by atoms with Crippen LogP contribution in [0.25, 0.3) is 0 Å². The zero-order chi connectivity index (χ0) is 20.2. The summed E-state index contributed by atoms with van der Waals surface area (Å²) in [7, 11) is 0. The molecule has 6 heteroatoms. The van der Waals surface area contributed by atoms with Crippen LogP contribution in [0, 0.1) is 12.3 Å². The van der Waals surface area contributed by atoms with Gasteiger partial charge in [-0.05, 0) is 55.0 Å². The van der Waals surface area contributed by atoms with Crippen LogP contribution in [0.2, 0.25) is 0 Å². The third-order valence-electron chi connectivity index (χ3n) is 3.44. The predicted molar refractivity (Wildman–Crippen MR) is 109 cm³/mol. The van der Waals surface area contributed by atoms with Gasteiger partial charge >= 0.3 is 0 Å². The van der Waals surface area contributed by atoms with E-state index in [2.05, 4.69) is 23.0 Å². The summed E-state index contributed by atoms with van der Waals surface area (Å²) in [4.78, 5) is 12.3. The molecule has 0 spiro atoms. The van der Waals surface area contributed by atoms with Crippen molar-refractivity contribution in [3.63, 3.8) is 0 Å². The van der Waals surface area contributed by atoms with Crippen LogP contribution >= 0.6 is 0 Å². The molecule has 0 saturated heterocycles. The number of carbonyl (C=O) groups excluding carboxylic acids is 1. The molecule has 0 heterocycles. The number of ether oxygens (including phenoxy) is 3. The van der Waals surface area contributed by atoms with E-state index in [0.717, 1.165) is 5.56 Å². The number of carbonyl (C=O) groups is 1.